The number of pyridine rings is 1. The van der Waals surface area contributed by atoms with Crippen molar-refractivity contribution in [3.8, 4) is 10.6 Å². The van der Waals surface area contributed by atoms with Crippen LogP contribution in [-0.2, 0) is 16.0 Å². The van der Waals surface area contributed by atoms with Crippen LogP contribution in [0.2, 0.25) is 0 Å². The molecule has 2 aromatic carbocycles. The van der Waals surface area contributed by atoms with Crippen molar-refractivity contribution >= 4 is 39.8 Å². The standard InChI is InChI=1S/C24H21N3O3S.C2H6/c1-3-30-24(29)22-20(13-16-8-9-17-6-4-5-7-18(17)12-16)27-23(31-22)19-10-11-25-21(14-19)26-15(2)28;1-2/h4-12,14H,3,13H2,1-2H3,(H,25,26,28);1-2H3. The van der Waals surface area contributed by atoms with Gasteiger partial charge in [0.15, 0.2) is 0 Å². The van der Waals surface area contributed by atoms with Gasteiger partial charge in [0.05, 0.1) is 12.3 Å². The van der Waals surface area contributed by atoms with E-state index in [2.05, 4.69) is 40.6 Å². The van der Waals surface area contributed by atoms with Gasteiger partial charge in [0.2, 0.25) is 5.91 Å². The molecule has 0 aliphatic carbocycles. The third-order valence-corrected chi connectivity index (χ3v) is 5.78. The van der Waals surface area contributed by atoms with E-state index in [-0.39, 0.29) is 11.9 Å². The second-order valence-electron chi connectivity index (χ2n) is 6.98. The average Bonchev–Trinajstić information content (AvgIpc) is 3.24. The summed E-state index contributed by atoms with van der Waals surface area (Å²) in [5.74, 6) is -0.139. The molecule has 33 heavy (non-hydrogen) atoms. The number of rotatable bonds is 6. The Morgan fingerprint density at radius 3 is 2.52 bits per heavy atom. The number of amides is 1. The lowest BCUT2D eigenvalue weighted by atomic mass is 10.0. The van der Waals surface area contributed by atoms with Crippen molar-refractivity contribution in [1.82, 2.24) is 9.97 Å². The van der Waals surface area contributed by atoms with Gasteiger partial charge in [0.1, 0.15) is 15.7 Å². The van der Waals surface area contributed by atoms with Crippen molar-refractivity contribution in [3.63, 3.8) is 0 Å². The molecular weight excluding hydrogens is 434 g/mol. The highest BCUT2D eigenvalue weighted by molar-refractivity contribution is 7.17. The molecule has 0 saturated carbocycles. The maximum absolute atomic E-state index is 12.6. The molecule has 0 bridgehead atoms. The van der Waals surface area contributed by atoms with E-state index in [1.54, 1.807) is 25.3 Å². The van der Waals surface area contributed by atoms with Crippen molar-refractivity contribution in [2.75, 3.05) is 11.9 Å². The fraction of sp³-hybridized carbons (Fsp3) is 0.231. The maximum atomic E-state index is 12.6. The normalized spacial score (nSPS) is 10.3. The highest BCUT2D eigenvalue weighted by Crippen LogP contribution is 2.31. The zero-order valence-electron chi connectivity index (χ0n) is 19.2. The van der Waals surface area contributed by atoms with Crippen LogP contribution in [0.15, 0.2) is 60.8 Å². The molecule has 7 heteroatoms. The van der Waals surface area contributed by atoms with Crippen molar-refractivity contribution in [2.45, 2.75) is 34.1 Å². The van der Waals surface area contributed by atoms with Gasteiger partial charge in [-0.25, -0.2) is 14.8 Å². The number of thiazole rings is 1. The summed E-state index contributed by atoms with van der Waals surface area (Å²) in [5.41, 5.74) is 2.51. The summed E-state index contributed by atoms with van der Waals surface area (Å²) in [6.07, 6.45) is 2.12. The molecule has 1 amide bonds. The first kappa shape index (κ1) is 24.1. The summed E-state index contributed by atoms with van der Waals surface area (Å²) in [6.45, 7) is 7.51. The second kappa shape index (κ2) is 11.3. The molecule has 0 aliphatic rings. The lowest BCUT2D eigenvalue weighted by Crippen LogP contribution is -2.07. The number of carbonyl (C=O) groups is 2. The van der Waals surface area contributed by atoms with Crippen molar-refractivity contribution in [1.29, 1.82) is 0 Å². The summed E-state index contributed by atoms with van der Waals surface area (Å²) in [7, 11) is 0. The Labute approximate surface area is 197 Å². The molecule has 0 saturated heterocycles. The maximum Gasteiger partial charge on any atom is 0.350 e. The van der Waals surface area contributed by atoms with Crippen LogP contribution in [-0.4, -0.2) is 28.5 Å². The van der Waals surface area contributed by atoms with Crippen LogP contribution in [0.5, 0.6) is 0 Å². The largest absolute Gasteiger partial charge is 0.462 e. The quantitative estimate of drug-likeness (QED) is 0.350. The molecule has 4 rings (SSSR count). The number of benzene rings is 2. The Morgan fingerprint density at radius 1 is 1.03 bits per heavy atom. The predicted octanol–water partition coefficient (Wildman–Crippen LogP) is 6.11. The molecule has 1 N–H and O–H groups in total. The Morgan fingerprint density at radius 2 is 1.79 bits per heavy atom. The SMILES string of the molecule is CC.CCOC(=O)c1sc(-c2ccnc(NC(C)=O)c2)nc1Cc1ccc2ccccc2c1. The van der Waals surface area contributed by atoms with Gasteiger partial charge < -0.3 is 10.1 Å². The number of nitrogens with one attached hydrogen (secondary N) is 1. The molecule has 0 radical (unpaired) electrons. The number of fused-ring (bicyclic) bond motifs is 1. The highest BCUT2D eigenvalue weighted by Gasteiger charge is 2.21. The van der Waals surface area contributed by atoms with E-state index in [9.17, 15) is 9.59 Å². The molecule has 0 unspecified atom stereocenters. The number of hydrogen-bond acceptors (Lipinski definition) is 6. The number of hydrogen-bond donors (Lipinski definition) is 1. The lowest BCUT2D eigenvalue weighted by Gasteiger charge is -2.05. The van der Waals surface area contributed by atoms with Gasteiger partial charge in [-0.05, 0) is 35.4 Å². The van der Waals surface area contributed by atoms with Crippen molar-refractivity contribution in [3.05, 3.63) is 76.9 Å². The number of nitrogens with zero attached hydrogens (tertiary/aromatic N) is 2. The molecule has 0 atom stereocenters. The molecule has 2 aromatic heterocycles. The Bertz CT molecular complexity index is 1270. The fourth-order valence-corrected chi connectivity index (χ4v) is 4.28. The Hall–Kier alpha value is -3.58. The molecule has 2 heterocycles. The predicted molar refractivity (Wildman–Crippen MR) is 134 cm³/mol. The summed E-state index contributed by atoms with van der Waals surface area (Å²) in [5, 5.41) is 5.65. The molecule has 170 valence electrons. The van der Waals surface area contributed by atoms with Crippen LogP contribution >= 0.6 is 11.3 Å². The summed E-state index contributed by atoms with van der Waals surface area (Å²) in [4.78, 5) is 33.3. The first-order valence-electron chi connectivity index (χ1n) is 10.9. The van der Waals surface area contributed by atoms with Gasteiger partial charge in [-0.2, -0.15) is 0 Å². The van der Waals surface area contributed by atoms with E-state index in [0.29, 0.717) is 34.4 Å². The monoisotopic (exact) mass is 461 g/mol. The number of anilines is 1. The summed E-state index contributed by atoms with van der Waals surface area (Å²) in [6, 6.07) is 17.9. The van der Waals surface area contributed by atoms with Gasteiger partial charge in [-0.1, -0.05) is 56.3 Å². The highest BCUT2D eigenvalue weighted by atomic mass is 32.1. The van der Waals surface area contributed by atoms with Gasteiger partial charge >= 0.3 is 5.97 Å². The van der Waals surface area contributed by atoms with E-state index in [1.165, 1.54) is 18.3 Å². The molecule has 0 spiro atoms. The Balaban J connectivity index is 0.00000149. The summed E-state index contributed by atoms with van der Waals surface area (Å²) >= 11 is 1.28. The molecule has 6 nitrogen and oxygen atoms in total. The van der Waals surface area contributed by atoms with Gasteiger partial charge in [0, 0.05) is 25.1 Å². The first-order valence-corrected chi connectivity index (χ1v) is 11.7. The van der Waals surface area contributed by atoms with Crippen molar-refractivity contribution in [2.24, 2.45) is 0 Å². The minimum Gasteiger partial charge on any atom is -0.462 e. The van der Waals surface area contributed by atoms with E-state index < -0.39 is 0 Å². The number of aromatic nitrogens is 2. The second-order valence-corrected chi connectivity index (χ2v) is 7.98. The van der Waals surface area contributed by atoms with Gasteiger partial charge in [-0.3, -0.25) is 4.79 Å². The smallest absolute Gasteiger partial charge is 0.350 e. The van der Waals surface area contributed by atoms with Crippen LogP contribution in [0.4, 0.5) is 5.82 Å². The third-order valence-electron chi connectivity index (χ3n) is 4.65. The average molecular weight is 462 g/mol. The number of ether oxygens (including phenoxy) is 1. The molecule has 0 fully saturated rings. The van der Waals surface area contributed by atoms with Crippen LogP contribution in [0.1, 0.15) is 48.6 Å². The lowest BCUT2D eigenvalue weighted by molar-refractivity contribution is -0.114. The van der Waals surface area contributed by atoms with E-state index in [1.807, 2.05) is 26.0 Å². The minimum atomic E-state index is -0.377. The van der Waals surface area contributed by atoms with E-state index in [4.69, 9.17) is 9.72 Å². The number of carbonyl (C=O) groups excluding carboxylic acids is 2. The molecule has 4 aromatic rings. The Kier molecular flexibility index (Phi) is 8.27. The third kappa shape index (κ3) is 6.02. The van der Waals surface area contributed by atoms with Crippen molar-refractivity contribution < 1.29 is 14.3 Å². The van der Waals surface area contributed by atoms with Crippen LogP contribution in [0.3, 0.4) is 0 Å². The van der Waals surface area contributed by atoms with Gasteiger partial charge in [-0.15, -0.1) is 11.3 Å². The topological polar surface area (TPSA) is 81.2 Å². The van der Waals surface area contributed by atoms with E-state index in [0.717, 1.165) is 21.9 Å². The fourth-order valence-electron chi connectivity index (χ4n) is 3.31. The first-order chi connectivity index (χ1) is 16.0. The summed E-state index contributed by atoms with van der Waals surface area (Å²) < 4.78 is 5.26. The molecule has 0 aliphatic heterocycles. The number of esters is 1. The van der Waals surface area contributed by atoms with E-state index >= 15 is 0 Å². The molecular formula is C26H27N3O3S. The van der Waals surface area contributed by atoms with Gasteiger partial charge in [0.25, 0.3) is 0 Å². The minimum absolute atomic E-state index is 0.201. The zero-order chi connectivity index (χ0) is 23.8. The van der Waals surface area contributed by atoms with Crippen LogP contribution < -0.4 is 5.32 Å². The zero-order valence-corrected chi connectivity index (χ0v) is 20.0. The van der Waals surface area contributed by atoms with Crippen LogP contribution in [0.25, 0.3) is 21.3 Å². The van der Waals surface area contributed by atoms with Crippen LogP contribution in [0, 0.1) is 0 Å².